The van der Waals surface area contributed by atoms with E-state index >= 15 is 0 Å². The molecule has 2 rings (SSSR count). The lowest BCUT2D eigenvalue weighted by atomic mass is 9.91. The smallest absolute Gasteiger partial charge is 0.212 e. The molecule has 5 heteroatoms. The van der Waals surface area contributed by atoms with Crippen molar-refractivity contribution < 1.29 is 8.42 Å². The fourth-order valence-corrected chi connectivity index (χ4v) is 5.01. The summed E-state index contributed by atoms with van der Waals surface area (Å²) in [6.07, 6.45) is 7.34. The van der Waals surface area contributed by atoms with Crippen molar-refractivity contribution in [3.05, 3.63) is 0 Å². The molecule has 1 aliphatic heterocycles. The van der Waals surface area contributed by atoms with Crippen molar-refractivity contribution in [1.82, 2.24) is 4.31 Å². The summed E-state index contributed by atoms with van der Waals surface area (Å²) < 4.78 is 26.2. The third-order valence-electron chi connectivity index (χ3n) is 4.13. The van der Waals surface area contributed by atoms with Crippen molar-refractivity contribution in [1.29, 1.82) is 5.26 Å². The Morgan fingerprint density at radius 1 is 1.11 bits per heavy atom. The molecule has 0 amide bonds. The summed E-state index contributed by atoms with van der Waals surface area (Å²) in [6.45, 7) is 1.01. The summed E-state index contributed by atoms with van der Waals surface area (Å²) in [6, 6.07) is 2.20. The second-order valence-electron chi connectivity index (χ2n) is 5.61. The van der Waals surface area contributed by atoms with Gasteiger partial charge in [-0.2, -0.15) is 5.26 Å². The lowest BCUT2D eigenvalue weighted by Crippen LogP contribution is -2.42. The molecule has 102 valence electrons. The Labute approximate surface area is 110 Å². The number of hydrogen-bond acceptors (Lipinski definition) is 3. The van der Waals surface area contributed by atoms with Crippen LogP contribution in [-0.2, 0) is 10.0 Å². The second-order valence-corrected chi connectivity index (χ2v) is 7.62. The van der Waals surface area contributed by atoms with Crippen LogP contribution in [0.3, 0.4) is 0 Å². The fourth-order valence-electron chi connectivity index (χ4n) is 3.06. The summed E-state index contributed by atoms with van der Waals surface area (Å²) in [5, 5.41) is 8.92. The molecule has 1 heterocycles. The van der Waals surface area contributed by atoms with Crippen LogP contribution in [0.1, 0.15) is 44.9 Å². The van der Waals surface area contributed by atoms with Gasteiger partial charge in [0, 0.05) is 13.1 Å². The van der Waals surface area contributed by atoms with Crippen molar-refractivity contribution in [2.45, 2.75) is 44.9 Å². The van der Waals surface area contributed by atoms with Crippen LogP contribution in [0.4, 0.5) is 0 Å². The summed E-state index contributed by atoms with van der Waals surface area (Å²) in [5.74, 6) is 0.525. The van der Waals surface area contributed by atoms with Crippen molar-refractivity contribution in [3.63, 3.8) is 0 Å². The molecule has 2 aliphatic rings. The van der Waals surface area contributed by atoms with Gasteiger partial charge in [-0.25, -0.2) is 12.7 Å². The molecule has 0 spiro atoms. The van der Waals surface area contributed by atoms with Crippen LogP contribution >= 0.6 is 0 Å². The average molecular weight is 270 g/mol. The fraction of sp³-hybridized carbons (Fsp3) is 0.923. The standard InChI is InChI=1S/C13H22N2O2S/c14-9-13-7-4-8-15(10-13)18(16,17)11-12-5-2-1-3-6-12/h12-13H,1-8,10-11H2. The van der Waals surface area contributed by atoms with Gasteiger partial charge < -0.3 is 0 Å². The van der Waals surface area contributed by atoms with Gasteiger partial charge in [0.25, 0.3) is 0 Å². The molecule has 1 aliphatic carbocycles. The molecule has 0 aromatic rings. The minimum atomic E-state index is -3.14. The largest absolute Gasteiger partial charge is 0.214 e. The zero-order valence-corrected chi connectivity index (χ0v) is 11.7. The van der Waals surface area contributed by atoms with Crippen LogP contribution in [-0.4, -0.2) is 31.6 Å². The van der Waals surface area contributed by atoms with E-state index in [1.165, 1.54) is 19.3 Å². The van der Waals surface area contributed by atoms with Crippen LogP contribution in [0.2, 0.25) is 0 Å². The minimum absolute atomic E-state index is 0.111. The highest BCUT2D eigenvalue weighted by Crippen LogP contribution is 2.27. The Kier molecular flexibility index (Phi) is 4.63. The van der Waals surface area contributed by atoms with Crippen molar-refractivity contribution in [2.75, 3.05) is 18.8 Å². The van der Waals surface area contributed by atoms with Gasteiger partial charge in [0.05, 0.1) is 17.7 Å². The maximum atomic E-state index is 12.3. The van der Waals surface area contributed by atoms with E-state index in [4.69, 9.17) is 5.26 Å². The molecule has 0 aromatic carbocycles. The topological polar surface area (TPSA) is 61.2 Å². The molecule has 0 aromatic heterocycles. The number of nitrogens with zero attached hydrogens (tertiary/aromatic N) is 2. The number of piperidine rings is 1. The Morgan fingerprint density at radius 3 is 2.50 bits per heavy atom. The number of nitriles is 1. The molecular weight excluding hydrogens is 248 g/mol. The molecule has 1 saturated heterocycles. The van der Waals surface area contributed by atoms with E-state index in [2.05, 4.69) is 6.07 Å². The van der Waals surface area contributed by atoms with Crippen LogP contribution < -0.4 is 0 Å². The normalized spacial score (nSPS) is 27.8. The van der Waals surface area contributed by atoms with E-state index < -0.39 is 10.0 Å². The number of rotatable bonds is 3. The van der Waals surface area contributed by atoms with Crippen molar-refractivity contribution in [2.24, 2.45) is 11.8 Å². The lowest BCUT2D eigenvalue weighted by Gasteiger charge is -2.31. The molecular formula is C13H22N2O2S. The first-order valence-corrected chi connectivity index (χ1v) is 8.60. The highest BCUT2D eigenvalue weighted by atomic mass is 32.2. The maximum Gasteiger partial charge on any atom is 0.214 e. The summed E-state index contributed by atoms with van der Waals surface area (Å²) in [5.41, 5.74) is 0. The predicted octanol–water partition coefficient (Wildman–Crippen LogP) is 2.13. The summed E-state index contributed by atoms with van der Waals surface area (Å²) in [7, 11) is -3.14. The number of hydrogen-bond donors (Lipinski definition) is 0. The van der Waals surface area contributed by atoms with Gasteiger partial charge in [-0.1, -0.05) is 19.3 Å². The molecule has 0 bridgehead atoms. The SMILES string of the molecule is N#CC1CCCN(S(=O)(=O)CC2CCCCC2)C1. The van der Waals surface area contributed by atoms with Crippen molar-refractivity contribution >= 4 is 10.0 Å². The van der Waals surface area contributed by atoms with Gasteiger partial charge in [-0.05, 0) is 31.6 Å². The van der Waals surface area contributed by atoms with Gasteiger partial charge in [0.1, 0.15) is 0 Å². The van der Waals surface area contributed by atoms with Gasteiger partial charge >= 0.3 is 0 Å². The zero-order chi connectivity index (χ0) is 13.0. The van der Waals surface area contributed by atoms with E-state index in [9.17, 15) is 8.42 Å². The van der Waals surface area contributed by atoms with Crippen molar-refractivity contribution in [3.8, 4) is 6.07 Å². The highest BCUT2D eigenvalue weighted by molar-refractivity contribution is 7.89. The molecule has 4 nitrogen and oxygen atoms in total. The second kappa shape index (κ2) is 6.03. The van der Waals surface area contributed by atoms with E-state index in [1.807, 2.05) is 0 Å². The molecule has 1 unspecified atom stereocenters. The van der Waals surface area contributed by atoms with Gasteiger partial charge in [0.2, 0.25) is 10.0 Å². The third kappa shape index (κ3) is 3.46. The molecule has 2 fully saturated rings. The summed E-state index contributed by atoms with van der Waals surface area (Å²) >= 11 is 0. The molecule has 0 N–H and O–H groups in total. The first kappa shape index (κ1) is 13.8. The van der Waals surface area contributed by atoms with E-state index in [-0.39, 0.29) is 5.92 Å². The first-order valence-electron chi connectivity index (χ1n) is 6.99. The zero-order valence-electron chi connectivity index (χ0n) is 10.8. The number of sulfonamides is 1. The molecule has 1 saturated carbocycles. The first-order chi connectivity index (χ1) is 8.62. The van der Waals surface area contributed by atoms with Gasteiger partial charge in [0.15, 0.2) is 0 Å². The van der Waals surface area contributed by atoms with Crippen LogP contribution in [0.5, 0.6) is 0 Å². The Morgan fingerprint density at radius 2 is 1.83 bits per heavy atom. The quantitative estimate of drug-likeness (QED) is 0.789. The van der Waals surface area contributed by atoms with Crippen LogP contribution in [0.25, 0.3) is 0 Å². The molecule has 18 heavy (non-hydrogen) atoms. The monoisotopic (exact) mass is 270 g/mol. The Hall–Kier alpha value is -0.600. The maximum absolute atomic E-state index is 12.3. The Balaban J connectivity index is 1.95. The average Bonchev–Trinajstić information content (AvgIpc) is 2.39. The Bertz CT molecular complexity index is 407. The van der Waals surface area contributed by atoms with Gasteiger partial charge in [-0.15, -0.1) is 0 Å². The van der Waals surface area contributed by atoms with E-state index in [0.29, 0.717) is 24.8 Å². The third-order valence-corrected chi connectivity index (χ3v) is 6.14. The molecule has 0 radical (unpaired) electrons. The highest BCUT2D eigenvalue weighted by Gasteiger charge is 2.31. The summed E-state index contributed by atoms with van der Waals surface area (Å²) in [4.78, 5) is 0. The van der Waals surface area contributed by atoms with Gasteiger partial charge in [-0.3, -0.25) is 0 Å². The van der Waals surface area contributed by atoms with Crippen LogP contribution in [0, 0.1) is 23.2 Å². The molecule has 1 atom stereocenters. The predicted molar refractivity (Wildman–Crippen MR) is 70.3 cm³/mol. The lowest BCUT2D eigenvalue weighted by molar-refractivity contribution is 0.298. The minimum Gasteiger partial charge on any atom is -0.212 e. The van der Waals surface area contributed by atoms with E-state index in [0.717, 1.165) is 25.7 Å². The van der Waals surface area contributed by atoms with E-state index in [1.54, 1.807) is 4.31 Å². The van der Waals surface area contributed by atoms with Crippen LogP contribution in [0.15, 0.2) is 0 Å².